The van der Waals surface area contributed by atoms with Gasteiger partial charge < -0.3 is 15.0 Å². The van der Waals surface area contributed by atoms with Gasteiger partial charge in [0, 0.05) is 23.1 Å². The third-order valence-corrected chi connectivity index (χ3v) is 8.50. The van der Waals surface area contributed by atoms with Crippen molar-refractivity contribution in [2.24, 2.45) is 0 Å². The fraction of sp³-hybridized carbons (Fsp3) is 0.286. The van der Waals surface area contributed by atoms with Crippen LogP contribution in [-0.4, -0.2) is 51.4 Å². The number of likely N-dealkylation sites (N-methyl/N-ethyl adjacent to an activating group) is 1. The predicted molar refractivity (Wildman–Crippen MR) is 154 cm³/mol. The van der Waals surface area contributed by atoms with Gasteiger partial charge in [-0.05, 0) is 74.9 Å². The molecule has 8 nitrogen and oxygen atoms in total. The Hall–Kier alpha value is -3.27. The Bertz CT molecular complexity index is 1410. The Morgan fingerprint density at radius 3 is 2.21 bits per heavy atom. The first kappa shape index (κ1) is 30.3. The van der Waals surface area contributed by atoms with Crippen molar-refractivity contribution < 1.29 is 22.7 Å². The molecule has 1 atom stereocenters. The summed E-state index contributed by atoms with van der Waals surface area (Å²) in [4.78, 5) is 28.0. The number of ether oxygens (including phenoxy) is 1. The summed E-state index contributed by atoms with van der Waals surface area (Å²) in [5.41, 5.74) is 1.71. The summed E-state index contributed by atoms with van der Waals surface area (Å²) in [7, 11) is -2.66. The quantitative estimate of drug-likeness (QED) is 0.336. The van der Waals surface area contributed by atoms with Crippen molar-refractivity contribution in [3.8, 4) is 5.75 Å². The number of amides is 2. The number of carbonyl (C=O) groups excluding carboxylic acids is 2. The molecule has 11 heteroatoms. The molecule has 0 bridgehead atoms. The van der Waals surface area contributed by atoms with Crippen LogP contribution in [0.5, 0.6) is 5.75 Å². The number of nitrogens with zero attached hydrogens (tertiary/aromatic N) is 2. The largest absolute Gasteiger partial charge is 0.497 e. The molecule has 0 heterocycles. The summed E-state index contributed by atoms with van der Waals surface area (Å²) in [5, 5.41) is 3.46. The number of carbonyl (C=O) groups is 2. The second-order valence-electron chi connectivity index (χ2n) is 8.85. The topological polar surface area (TPSA) is 96.0 Å². The minimum atomic E-state index is -4.16. The first-order valence-corrected chi connectivity index (χ1v) is 14.4. The zero-order chi connectivity index (χ0) is 28.7. The molecule has 3 aromatic rings. The molecule has 0 unspecified atom stereocenters. The fourth-order valence-electron chi connectivity index (χ4n) is 3.85. The lowest BCUT2D eigenvalue weighted by molar-refractivity contribution is -0.139. The molecule has 0 aliphatic rings. The summed E-state index contributed by atoms with van der Waals surface area (Å²) in [6, 6.07) is 16.6. The van der Waals surface area contributed by atoms with Gasteiger partial charge in [-0.3, -0.25) is 13.9 Å². The lowest BCUT2D eigenvalue weighted by Crippen LogP contribution is -2.51. The van der Waals surface area contributed by atoms with Crippen molar-refractivity contribution in [3.63, 3.8) is 0 Å². The lowest BCUT2D eigenvalue weighted by Gasteiger charge is -2.32. The maximum atomic E-state index is 13.9. The van der Waals surface area contributed by atoms with Gasteiger partial charge in [0.2, 0.25) is 11.8 Å². The molecule has 1 N–H and O–H groups in total. The van der Waals surface area contributed by atoms with E-state index in [-0.39, 0.29) is 23.0 Å². The van der Waals surface area contributed by atoms with Crippen LogP contribution < -0.4 is 14.4 Å². The van der Waals surface area contributed by atoms with Crippen LogP contribution in [0, 0.1) is 6.92 Å². The highest BCUT2D eigenvalue weighted by Crippen LogP contribution is 2.28. The molecule has 208 valence electrons. The van der Waals surface area contributed by atoms with E-state index in [0.29, 0.717) is 27.9 Å². The van der Waals surface area contributed by atoms with Gasteiger partial charge in [0.1, 0.15) is 18.3 Å². The SMILES string of the molecule is CCNC(=O)[C@H](C)N(Cc1ccc(Cl)cc1Cl)C(=O)CN(c1ccc(OC)cc1)S(=O)(=O)c1ccc(C)cc1. The van der Waals surface area contributed by atoms with Gasteiger partial charge in [0.05, 0.1) is 17.7 Å². The summed E-state index contributed by atoms with van der Waals surface area (Å²) in [6.07, 6.45) is 0. The van der Waals surface area contributed by atoms with Gasteiger partial charge in [0.15, 0.2) is 0 Å². The van der Waals surface area contributed by atoms with E-state index in [1.165, 1.54) is 24.1 Å². The van der Waals surface area contributed by atoms with Gasteiger partial charge >= 0.3 is 0 Å². The van der Waals surface area contributed by atoms with Crippen LogP contribution >= 0.6 is 23.2 Å². The van der Waals surface area contributed by atoms with Gasteiger partial charge in [-0.1, -0.05) is 47.0 Å². The second-order valence-corrected chi connectivity index (χ2v) is 11.6. The Kier molecular flexibility index (Phi) is 10.2. The van der Waals surface area contributed by atoms with Crippen LogP contribution in [0.3, 0.4) is 0 Å². The maximum Gasteiger partial charge on any atom is 0.264 e. The Morgan fingerprint density at radius 1 is 1.00 bits per heavy atom. The number of halogens is 2. The van der Waals surface area contributed by atoms with Crippen molar-refractivity contribution in [3.05, 3.63) is 87.9 Å². The molecule has 39 heavy (non-hydrogen) atoms. The Morgan fingerprint density at radius 2 is 1.64 bits per heavy atom. The summed E-state index contributed by atoms with van der Waals surface area (Å²) >= 11 is 12.4. The molecule has 0 spiro atoms. The average molecular weight is 593 g/mol. The third kappa shape index (κ3) is 7.44. The molecule has 3 rings (SSSR count). The van der Waals surface area contributed by atoms with E-state index in [4.69, 9.17) is 27.9 Å². The minimum absolute atomic E-state index is 0.0285. The van der Waals surface area contributed by atoms with E-state index in [1.807, 2.05) is 6.92 Å². The van der Waals surface area contributed by atoms with Crippen LogP contribution in [0.25, 0.3) is 0 Å². The molecular formula is C28H31Cl2N3O5S. The fourth-order valence-corrected chi connectivity index (χ4v) is 5.74. The highest BCUT2D eigenvalue weighted by Gasteiger charge is 2.32. The first-order chi connectivity index (χ1) is 18.5. The Labute approximate surface area is 239 Å². The number of rotatable bonds is 11. The van der Waals surface area contributed by atoms with E-state index < -0.39 is 28.5 Å². The molecular weight excluding hydrogens is 561 g/mol. The number of hydrogen-bond donors (Lipinski definition) is 1. The van der Waals surface area contributed by atoms with Crippen molar-refractivity contribution in [2.45, 2.75) is 38.3 Å². The van der Waals surface area contributed by atoms with Gasteiger partial charge in [-0.25, -0.2) is 8.42 Å². The van der Waals surface area contributed by atoms with Gasteiger partial charge in [-0.2, -0.15) is 0 Å². The number of benzene rings is 3. The lowest BCUT2D eigenvalue weighted by atomic mass is 10.1. The molecule has 0 aliphatic carbocycles. The van der Waals surface area contributed by atoms with Crippen LogP contribution in [0.1, 0.15) is 25.0 Å². The third-order valence-electron chi connectivity index (χ3n) is 6.12. The monoisotopic (exact) mass is 591 g/mol. The highest BCUT2D eigenvalue weighted by molar-refractivity contribution is 7.92. The second kappa shape index (κ2) is 13.2. The number of sulfonamides is 1. The highest BCUT2D eigenvalue weighted by atomic mass is 35.5. The van der Waals surface area contributed by atoms with Crippen LogP contribution in [0.15, 0.2) is 71.6 Å². The average Bonchev–Trinajstić information content (AvgIpc) is 2.91. The van der Waals surface area contributed by atoms with Crippen LogP contribution in [-0.2, 0) is 26.2 Å². The van der Waals surface area contributed by atoms with E-state index in [2.05, 4.69) is 5.32 Å². The van der Waals surface area contributed by atoms with E-state index >= 15 is 0 Å². The number of methoxy groups -OCH3 is 1. The molecule has 3 aromatic carbocycles. The normalized spacial score (nSPS) is 11.9. The van der Waals surface area contributed by atoms with Gasteiger partial charge in [0.25, 0.3) is 10.0 Å². The number of aryl methyl sites for hydroxylation is 1. The van der Waals surface area contributed by atoms with Crippen molar-refractivity contribution in [1.29, 1.82) is 0 Å². The molecule has 0 aliphatic heterocycles. The molecule has 0 radical (unpaired) electrons. The number of hydrogen-bond acceptors (Lipinski definition) is 5. The smallest absolute Gasteiger partial charge is 0.264 e. The first-order valence-electron chi connectivity index (χ1n) is 12.2. The molecule has 0 aromatic heterocycles. The molecule has 0 fully saturated rings. The van der Waals surface area contributed by atoms with Gasteiger partial charge in [-0.15, -0.1) is 0 Å². The summed E-state index contributed by atoms with van der Waals surface area (Å²) in [5.74, 6) is -0.443. The predicted octanol–water partition coefficient (Wildman–Crippen LogP) is 5.06. The molecule has 0 saturated carbocycles. The van der Waals surface area contributed by atoms with E-state index in [0.717, 1.165) is 9.87 Å². The van der Waals surface area contributed by atoms with E-state index in [9.17, 15) is 18.0 Å². The number of anilines is 1. The van der Waals surface area contributed by atoms with Crippen LogP contribution in [0.4, 0.5) is 5.69 Å². The maximum absolute atomic E-state index is 13.9. The Balaban J connectivity index is 2.05. The molecule has 0 saturated heterocycles. The van der Waals surface area contributed by atoms with E-state index in [1.54, 1.807) is 68.4 Å². The zero-order valence-corrected chi connectivity index (χ0v) is 24.5. The standard InChI is InChI=1S/C28H31Cl2N3O5S/c1-5-31-28(35)20(3)32(17-21-8-9-22(29)16-26(21)30)27(34)18-33(23-10-12-24(38-4)13-11-23)39(36,37)25-14-6-19(2)7-15-25/h6-16,20H,5,17-18H2,1-4H3,(H,31,35)/t20-/m0/s1. The summed E-state index contributed by atoms with van der Waals surface area (Å²) in [6.45, 7) is 4.98. The molecule has 2 amide bonds. The zero-order valence-electron chi connectivity index (χ0n) is 22.1. The minimum Gasteiger partial charge on any atom is -0.497 e. The van der Waals surface area contributed by atoms with Crippen molar-refractivity contribution in [1.82, 2.24) is 10.2 Å². The van der Waals surface area contributed by atoms with Crippen LogP contribution in [0.2, 0.25) is 10.0 Å². The summed E-state index contributed by atoms with van der Waals surface area (Å²) < 4.78 is 33.9. The number of nitrogens with one attached hydrogen (secondary N) is 1. The van der Waals surface area contributed by atoms with Crippen molar-refractivity contribution >= 4 is 50.7 Å². The van der Waals surface area contributed by atoms with Crippen molar-refractivity contribution in [2.75, 3.05) is 24.5 Å².